The highest BCUT2D eigenvalue weighted by Gasteiger charge is 2.07. The Hall–Kier alpha value is -1.90. The Balaban J connectivity index is 2.09. The SMILES string of the molecule is Cc1cc(C)c(NCc2ccc(C(F)F)cc2)c(C)c1. The number of nitrogens with one attached hydrogen (secondary N) is 1. The Morgan fingerprint density at radius 2 is 1.50 bits per heavy atom. The first-order chi connectivity index (χ1) is 9.47. The van der Waals surface area contributed by atoms with E-state index in [4.69, 9.17) is 0 Å². The van der Waals surface area contributed by atoms with Gasteiger partial charge in [0.05, 0.1) is 0 Å². The highest BCUT2D eigenvalue weighted by atomic mass is 19.3. The van der Waals surface area contributed by atoms with Gasteiger partial charge in [0.2, 0.25) is 0 Å². The fourth-order valence-corrected chi connectivity index (χ4v) is 2.43. The lowest BCUT2D eigenvalue weighted by atomic mass is 10.0. The second kappa shape index (κ2) is 6.04. The summed E-state index contributed by atoms with van der Waals surface area (Å²) in [5.74, 6) is 0. The molecule has 0 saturated carbocycles. The minimum atomic E-state index is -2.40. The van der Waals surface area contributed by atoms with Crippen molar-refractivity contribution >= 4 is 5.69 Å². The highest BCUT2D eigenvalue weighted by molar-refractivity contribution is 5.58. The molecule has 106 valence electrons. The normalized spacial score (nSPS) is 10.9. The van der Waals surface area contributed by atoms with Crippen LogP contribution in [0.1, 0.15) is 34.2 Å². The third-order valence-electron chi connectivity index (χ3n) is 3.38. The van der Waals surface area contributed by atoms with E-state index in [0.29, 0.717) is 6.54 Å². The monoisotopic (exact) mass is 275 g/mol. The van der Waals surface area contributed by atoms with Gasteiger partial charge in [-0.3, -0.25) is 0 Å². The van der Waals surface area contributed by atoms with Gasteiger partial charge < -0.3 is 5.32 Å². The van der Waals surface area contributed by atoms with Gasteiger partial charge in [-0.25, -0.2) is 8.78 Å². The van der Waals surface area contributed by atoms with Crippen LogP contribution in [0, 0.1) is 20.8 Å². The van der Waals surface area contributed by atoms with Crippen molar-refractivity contribution in [1.29, 1.82) is 0 Å². The minimum absolute atomic E-state index is 0.0662. The second-order valence-corrected chi connectivity index (χ2v) is 5.17. The van der Waals surface area contributed by atoms with E-state index in [9.17, 15) is 8.78 Å². The van der Waals surface area contributed by atoms with E-state index in [2.05, 4.69) is 38.2 Å². The Morgan fingerprint density at radius 1 is 0.950 bits per heavy atom. The summed E-state index contributed by atoms with van der Waals surface area (Å²) in [6.45, 7) is 6.85. The van der Waals surface area contributed by atoms with Crippen LogP contribution in [0.2, 0.25) is 0 Å². The van der Waals surface area contributed by atoms with E-state index in [0.717, 1.165) is 11.3 Å². The van der Waals surface area contributed by atoms with Crippen LogP contribution >= 0.6 is 0 Å². The summed E-state index contributed by atoms with van der Waals surface area (Å²) < 4.78 is 25.0. The molecule has 0 aliphatic rings. The summed E-state index contributed by atoms with van der Waals surface area (Å²) in [5, 5.41) is 3.39. The van der Waals surface area contributed by atoms with Gasteiger partial charge in [-0.05, 0) is 37.5 Å². The van der Waals surface area contributed by atoms with Crippen LogP contribution in [-0.4, -0.2) is 0 Å². The van der Waals surface area contributed by atoms with Gasteiger partial charge in [-0.15, -0.1) is 0 Å². The molecule has 0 radical (unpaired) electrons. The van der Waals surface area contributed by atoms with Gasteiger partial charge in [0.15, 0.2) is 0 Å². The summed E-state index contributed by atoms with van der Waals surface area (Å²) in [6, 6.07) is 10.7. The molecule has 0 amide bonds. The van der Waals surface area contributed by atoms with Crippen LogP contribution in [0.3, 0.4) is 0 Å². The lowest BCUT2D eigenvalue weighted by Crippen LogP contribution is -2.03. The van der Waals surface area contributed by atoms with E-state index in [1.165, 1.54) is 28.8 Å². The smallest absolute Gasteiger partial charge is 0.263 e. The average Bonchev–Trinajstić information content (AvgIpc) is 2.38. The number of hydrogen-bond donors (Lipinski definition) is 1. The zero-order valence-corrected chi connectivity index (χ0v) is 12.0. The molecule has 0 heterocycles. The summed E-state index contributed by atoms with van der Waals surface area (Å²) in [5.41, 5.74) is 5.82. The van der Waals surface area contributed by atoms with Crippen LogP contribution in [-0.2, 0) is 6.54 Å². The maximum Gasteiger partial charge on any atom is 0.263 e. The van der Waals surface area contributed by atoms with Crippen molar-refractivity contribution in [3.63, 3.8) is 0 Å². The molecule has 3 heteroatoms. The van der Waals surface area contributed by atoms with Crippen molar-refractivity contribution < 1.29 is 8.78 Å². The zero-order chi connectivity index (χ0) is 14.7. The van der Waals surface area contributed by atoms with Crippen molar-refractivity contribution in [2.75, 3.05) is 5.32 Å². The maximum atomic E-state index is 12.5. The van der Waals surface area contributed by atoms with Gasteiger partial charge in [-0.2, -0.15) is 0 Å². The molecule has 0 atom stereocenters. The van der Waals surface area contributed by atoms with Gasteiger partial charge in [0.25, 0.3) is 6.43 Å². The fraction of sp³-hybridized carbons (Fsp3) is 0.294. The summed E-state index contributed by atoms with van der Waals surface area (Å²) in [4.78, 5) is 0. The Morgan fingerprint density at radius 3 is 2.00 bits per heavy atom. The molecule has 2 aromatic rings. The third-order valence-corrected chi connectivity index (χ3v) is 3.38. The van der Waals surface area contributed by atoms with Gasteiger partial charge >= 0.3 is 0 Å². The molecule has 0 bridgehead atoms. The standard InChI is InChI=1S/C17H19F2N/c1-11-8-12(2)16(13(3)9-11)20-10-14-4-6-15(7-5-14)17(18)19/h4-9,17,20H,10H2,1-3H3. The van der Waals surface area contributed by atoms with Crippen molar-refractivity contribution in [2.24, 2.45) is 0 Å². The number of aryl methyl sites for hydroxylation is 3. The third kappa shape index (κ3) is 3.35. The molecule has 0 spiro atoms. The predicted octanol–water partition coefficient (Wildman–Crippen LogP) is 5.16. The molecular weight excluding hydrogens is 256 g/mol. The van der Waals surface area contributed by atoms with Crippen LogP contribution in [0.5, 0.6) is 0 Å². The van der Waals surface area contributed by atoms with Gasteiger partial charge in [-0.1, -0.05) is 42.0 Å². The molecule has 1 nitrogen and oxygen atoms in total. The molecule has 0 aliphatic carbocycles. The first-order valence-corrected chi connectivity index (χ1v) is 6.66. The summed E-state index contributed by atoms with van der Waals surface area (Å²) >= 11 is 0. The quantitative estimate of drug-likeness (QED) is 0.812. The Labute approximate surface area is 118 Å². The van der Waals surface area contributed by atoms with Crippen molar-refractivity contribution in [2.45, 2.75) is 33.7 Å². The first kappa shape index (κ1) is 14.5. The first-order valence-electron chi connectivity index (χ1n) is 6.66. The van der Waals surface area contributed by atoms with Crippen molar-refractivity contribution in [3.8, 4) is 0 Å². The van der Waals surface area contributed by atoms with E-state index < -0.39 is 6.43 Å². The van der Waals surface area contributed by atoms with Crippen LogP contribution in [0.4, 0.5) is 14.5 Å². The van der Waals surface area contributed by atoms with Crippen LogP contribution < -0.4 is 5.32 Å². The van der Waals surface area contributed by atoms with Gasteiger partial charge in [0, 0.05) is 17.8 Å². The lowest BCUT2D eigenvalue weighted by Gasteiger charge is -2.14. The molecular formula is C17H19F2N. The molecule has 2 rings (SSSR count). The summed E-state index contributed by atoms with van der Waals surface area (Å²) in [6.07, 6.45) is -2.40. The van der Waals surface area contributed by atoms with Gasteiger partial charge in [0.1, 0.15) is 0 Å². The molecule has 0 aromatic heterocycles. The molecule has 0 unspecified atom stereocenters. The molecule has 1 N–H and O–H groups in total. The molecule has 0 aliphatic heterocycles. The molecule has 0 fully saturated rings. The van der Waals surface area contributed by atoms with E-state index in [1.807, 2.05) is 0 Å². The molecule has 20 heavy (non-hydrogen) atoms. The van der Waals surface area contributed by atoms with E-state index in [-0.39, 0.29) is 5.56 Å². The second-order valence-electron chi connectivity index (χ2n) is 5.17. The van der Waals surface area contributed by atoms with Crippen LogP contribution in [0.15, 0.2) is 36.4 Å². The zero-order valence-electron chi connectivity index (χ0n) is 12.0. The van der Waals surface area contributed by atoms with E-state index in [1.54, 1.807) is 12.1 Å². The van der Waals surface area contributed by atoms with Crippen LogP contribution in [0.25, 0.3) is 0 Å². The number of anilines is 1. The number of halogens is 2. The van der Waals surface area contributed by atoms with E-state index >= 15 is 0 Å². The number of benzene rings is 2. The number of rotatable bonds is 4. The number of hydrogen-bond acceptors (Lipinski definition) is 1. The fourth-order valence-electron chi connectivity index (χ4n) is 2.43. The topological polar surface area (TPSA) is 12.0 Å². The summed E-state index contributed by atoms with van der Waals surface area (Å²) in [7, 11) is 0. The largest absolute Gasteiger partial charge is 0.381 e. The lowest BCUT2D eigenvalue weighted by molar-refractivity contribution is 0.151. The van der Waals surface area contributed by atoms with Crippen molar-refractivity contribution in [1.82, 2.24) is 0 Å². The predicted molar refractivity (Wildman–Crippen MR) is 79.4 cm³/mol. The Bertz CT molecular complexity index is 565. The van der Waals surface area contributed by atoms with Crippen molar-refractivity contribution in [3.05, 3.63) is 64.2 Å². The average molecular weight is 275 g/mol. The highest BCUT2D eigenvalue weighted by Crippen LogP contribution is 2.23. The maximum absolute atomic E-state index is 12.5. The minimum Gasteiger partial charge on any atom is -0.381 e. The molecule has 2 aromatic carbocycles. The molecule has 0 saturated heterocycles. The number of alkyl halides is 2. The Kier molecular flexibility index (Phi) is 4.38.